The molecule has 0 amide bonds. The fraction of sp³-hybridized carbons (Fsp3) is 0.143. The van der Waals surface area contributed by atoms with Crippen molar-refractivity contribution in [3.63, 3.8) is 0 Å². The number of hydrogen-bond acceptors (Lipinski definition) is 0. The van der Waals surface area contributed by atoms with Crippen molar-refractivity contribution in [1.82, 2.24) is 9.13 Å². The monoisotopic (exact) mass is 548 g/mol. The molecule has 0 N–H and O–H groups in total. The standard InChI is InChI=1S/C15H14N.C13H10N.2ClH.Zr/c1-11-7-12(2)16(10-11)15-8-13-5-3-4-6-14(13)9-15;1-2-10-14(9-1)13-8-4-6-11-5-3-7-12(11)13;;;/h3-10H,1-2H3;1-10H;2*1H;/q;;;;+2/p-2. The molecule has 0 saturated carbocycles. The van der Waals surface area contributed by atoms with E-state index in [1.165, 1.54) is 44.9 Å². The molecule has 2 atom stereocenters. The zero-order valence-electron chi connectivity index (χ0n) is 18.5. The Labute approximate surface area is 219 Å². The van der Waals surface area contributed by atoms with Crippen LogP contribution in [0.3, 0.4) is 0 Å². The predicted molar refractivity (Wildman–Crippen MR) is 125 cm³/mol. The first kappa shape index (κ1) is 24.1. The van der Waals surface area contributed by atoms with Crippen molar-refractivity contribution in [2.75, 3.05) is 0 Å². The summed E-state index contributed by atoms with van der Waals surface area (Å²) in [7, 11) is 0. The molecular formula is C28H24Cl2N2Zr. The Balaban J connectivity index is 0.00000130. The molecule has 33 heavy (non-hydrogen) atoms. The molecule has 2 nitrogen and oxygen atoms in total. The van der Waals surface area contributed by atoms with Crippen LogP contribution < -0.4 is 24.8 Å². The molecule has 0 fully saturated rings. The van der Waals surface area contributed by atoms with E-state index < -0.39 is 23.2 Å². The maximum absolute atomic E-state index is 2.48. The summed E-state index contributed by atoms with van der Waals surface area (Å²) in [5.41, 5.74) is 11.3. The first-order valence-corrected chi connectivity index (χ1v) is 13.7. The molecular weight excluding hydrogens is 526 g/mol. The van der Waals surface area contributed by atoms with Crippen LogP contribution in [0.15, 0.2) is 85.3 Å². The van der Waals surface area contributed by atoms with Gasteiger partial charge in [-0.2, -0.15) is 0 Å². The van der Waals surface area contributed by atoms with Gasteiger partial charge in [0.05, 0.1) is 0 Å². The molecule has 164 valence electrons. The Morgan fingerprint density at radius 2 is 1.61 bits per heavy atom. The smallest absolute Gasteiger partial charge is 1.00 e. The first-order chi connectivity index (χ1) is 15.2. The van der Waals surface area contributed by atoms with E-state index in [2.05, 4.69) is 120 Å². The summed E-state index contributed by atoms with van der Waals surface area (Å²) in [6.45, 7) is 4.42. The van der Waals surface area contributed by atoms with Gasteiger partial charge in [-0.1, -0.05) is 0 Å². The van der Waals surface area contributed by atoms with Gasteiger partial charge >= 0.3 is 196 Å². The van der Waals surface area contributed by atoms with Crippen molar-refractivity contribution in [2.24, 2.45) is 0 Å². The quantitative estimate of drug-likeness (QED) is 0.356. The second-order valence-electron chi connectivity index (χ2n) is 8.53. The summed E-state index contributed by atoms with van der Waals surface area (Å²) in [4.78, 5) is 0. The SMILES string of the molecule is Cc1cc(C)n(C2=Cc3ccccc3[CH]2[Zr+2][CH]2C=Cc3c2cccc3-n2cccc2)c1.[Cl-].[Cl-]. The topological polar surface area (TPSA) is 9.86 Å². The van der Waals surface area contributed by atoms with Crippen LogP contribution in [0.5, 0.6) is 0 Å². The number of allylic oxidation sites excluding steroid dienone is 2. The van der Waals surface area contributed by atoms with E-state index in [-0.39, 0.29) is 24.8 Å². The summed E-state index contributed by atoms with van der Waals surface area (Å²) in [6.07, 6.45) is 13.9. The number of nitrogens with zero attached hydrogens (tertiary/aromatic N) is 2. The van der Waals surface area contributed by atoms with Gasteiger partial charge in [-0.05, 0) is 0 Å². The number of aromatic nitrogens is 2. The molecule has 2 aromatic heterocycles. The molecule has 0 aliphatic heterocycles. The van der Waals surface area contributed by atoms with Gasteiger partial charge in [0.25, 0.3) is 0 Å². The molecule has 0 bridgehead atoms. The van der Waals surface area contributed by atoms with Gasteiger partial charge in [-0.3, -0.25) is 0 Å². The summed E-state index contributed by atoms with van der Waals surface area (Å²) in [6, 6.07) is 22.3. The molecule has 2 heterocycles. The van der Waals surface area contributed by atoms with Gasteiger partial charge in [-0.25, -0.2) is 0 Å². The maximum Gasteiger partial charge on any atom is -1.00 e. The average Bonchev–Trinajstić information content (AvgIpc) is 3.55. The zero-order chi connectivity index (χ0) is 20.9. The summed E-state index contributed by atoms with van der Waals surface area (Å²) >= 11 is -0.878. The third kappa shape index (κ3) is 4.16. The van der Waals surface area contributed by atoms with E-state index >= 15 is 0 Å². The van der Waals surface area contributed by atoms with Crippen LogP contribution in [-0.4, -0.2) is 9.13 Å². The predicted octanol–water partition coefficient (Wildman–Crippen LogP) is 0.807. The minimum Gasteiger partial charge on any atom is -1.00 e. The van der Waals surface area contributed by atoms with E-state index in [4.69, 9.17) is 0 Å². The number of benzene rings is 2. The van der Waals surface area contributed by atoms with Crippen LogP contribution in [0, 0.1) is 13.8 Å². The van der Waals surface area contributed by atoms with Crippen molar-refractivity contribution in [2.45, 2.75) is 21.1 Å². The summed E-state index contributed by atoms with van der Waals surface area (Å²) < 4.78 is 5.82. The maximum atomic E-state index is 2.48. The van der Waals surface area contributed by atoms with Gasteiger partial charge in [0, 0.05) is 0 Å². The molecule has 0 spiro atoms. The Kier molecular flexibility index (Phi) is 7.05. The molecule has 6 rings (SSSR count). The van der Waals surface area contributed by atoms with Crippen molar-refractivity contribution < 1.29 is 48.0 Å². The van der Waals surface area contributed by atoms with Gasteiger partial charge < -0.3 is 24.8 Å². The summed E-state index contributed by atoms with van der Waals surface area (Å²) in [5.74, 6) is 0. The largest absolute Gasteiger partial charge is 1.00 e. The number of aryl methyl sites for hydroxylation is 2. The Morgan fingerprint density at radius 1 is 0.848 bits per heavy atom. The van der Waals surface area contributed by atoms with Crippen molar-refractivity contribution in [1.29, 1.82) is 0 Å². The minimum atomic E-state index is -0.878. The molecule has 2 aliphatic carbocycles. The van der Waals surface area contributed by atoms with Crippen molar-refractivity contribution in [3.8, 4) is 5.69 Å². The van der Waals surface area contributed by atoms with Crippen LogP contribution in [-0.2, 0) is 23.2 Å². The third-order valence-electron chi connectivity index (χ3n) is 6.47. The van der Waals surface area contributed by atoms with Gasteiger partial charge in [0.1, 0.15) is 0 Å². The molecule has 4 aromatic rings. The van der Waals surface area contributed by atoms with Crippen molar-refractivity contribution >= 4 is 17.8 Å². The molecule has 2 aliphatic rings. The Hall–Kier alpha value is -2.06. The third-order valence-corrected chi connectivity index (χ3v) is 10.9. The Morgan fingerprint density at radius 3 is 2.36 bits per heavy atom. The molecule has 5 heteroatoms. The zero-order valence-corrected chi connectivity index (χ0v) is 22.5. The first-order valence-electron chi connectivity index (χ1n) is 10.9. The minimum absolute atomic E-state index is 0. The molecule has 2 unspecified atom stereocenters. The fourth-order valence-corrected chi connectivity index (χ4v) is 9.58. The fourth-order valence-electron chi connectivity index (χ4n) is 5.08. The Bertz CT molecular complexity index is 1350. The van der Waals surface area contributed by atoms with E-state index in [1.807, 2.05) is 0 Å². The second kappa shape index (κ2) is 9.67. The van der Waals surface area contributed by atoms with Crippen LogP contribution in [0.2, 0.25) is 0 Å². The van der Waals surface area contributed by atoms with Crippen LogP contribution in [0.25, 0.3) is 23.5 Å². The summed E-state index contributed by atoms with van der Waals surface area (Å²) in [5, 5.41) is 0. The van der Waals surface area contributed by atoms with Gasteiger partial charge in [-0.15, -0.1) is 0 Å². The molecule has 0 saturated heterocycles. The average molecular weight is 551 g/mol. The van der Waals surface area contributed by atoms with E-state index in [1.54, 1.807) is 0 Å². The second-order valence-corrected chi connectivity index (χ2v) is 12.3. The number of fused-ring (bicyclic) bond motifs is 2. The van der Waals surface area contributed by atoms with Crippen LogP contribution >= 0.6 is 0 Å². The number of hydrogen-bond donors (Lipinski definition) is 0. The number of halogens is 2. The number of rotatable bonds is 4. The van der Waals surface area contributed by atoms with Crippen LogP contribution in [0.4, 0.5) is 0 Å². The van der Waals surface area contributed by atoms with Gasteiger partial charge in [0.15, 0.2) is 0 Å². The normalized spacial score (nSPS) is 17.5. The van der Waals surface area contributed by atoms with Crippen LogP contribution in [0.1, 0.15) is 40.8 Å². The van der Waals surface area contributed by atoms with Gasteiger partial charge in [0.2, 0.25) is 0 Å². The molecule has 0 radical (unpaired) electrons. The van der Waals surface area contributed by atoms with E-state index in [0.29, 0.717) is 7.25 Å². The van der Waals surface area contributed by atoms with Crippen molar-refractivity contribution in [3.05, 3.63) is 119 Å². The molecule has 2 aromatic carbocycles. The van der Waals surface area contributed by atoms with E-state index in [9.17, 15) is 0 Å². The van der Waals surface area contributed by atoms with E-state index in [0.717, 1.165) is 0 Å².